The number of fused-ring (bicyclic) bond motifs is 1. The lowest BCUT2D eigenvalue weighted by atomic mass is 10.1. The molecule has 2 heterocycles. The number of thioether (sulfide) groups is 1. The van der Waals surface area contributed by atoms with Gasteiger partial charge in [0.25, 0.3) is 11.6 Å². The number of nitrogens with zero attached hydrogens (tertiary/aromatic N) is 3. The van der Waals surface area contributed by atoms with Crippen molar-refractivity contribution in [1.82, 2.24) is 4.90 Å². The van der Waals surface area contributed by atoms with Gasteiger partial charge in [0.15, 0.2) is 0 Å². The zero-order chi connectivity index (χ0) is 19.1. The molecule has 4 rings (SSSR count). The summed E-state index contributed by atoms with van der Waals surface area (Å²) in [6, 6.07) is 11.9. The number of nitro groups is 1. The molecule has 2 aliphatic heterocycles. The minimum atomic E-state index is -0.575. The lowest BCUT2D eigenvalue weighted by Gasteiger charge is -2.23. The van der Waals surface area contributed by atoms with Gasteiger partial charge in [-0.25, -0.2) is 9.69 Å². The zero-order valence-corrected chi connectivity index (χ0v) is 15.1. The monoisotopic (exact) mass is 385 g/mol. The normalized spacial score (nSPS) is 21.5. The molecular weight excluding hydrogens is 370 g/mol. The van der Waals surface area contributed by atoms with E-state index in [1.807, 2.05) is 0 Å². The van der Waals surface area contributed by atoms with Gasteiger partial charge in [-0.15, -0.1) is 11.8 Å². The first-order chi connectivity index (χ1) is 13.0. The summed E-state index contributed by atoms with van der Waals surface area (Å²) in [5.41, 5.74) is 1.07. The number of nitro benzene ring substituents is 1. The van der Waals surface area contributed by atoms with Crippen molar-refractivity contribution in [3.05, 3.63) is 64.2 Å². The molecule has 0 aliphatic carbocycles. The number of non-ortho nitro benzene ring substituents is 1. The first-order valence-electron chi connectivity index (χ1n) is 8.17. The smallest absolute Gasteiger partial charge is 0.333 e. The van der Waals surface area contributed by atoms with Gasteiger partial charge in [0, 0.05) is 17.9 Å². The number of amides is 3. The highest BCUT2D eigenvalue weighted by atomic mass is 32.2. The van der Waals surface area contributed by atoms with Crippen LogP contribution in [0.2, 0.25) is 0 Å². The minimum absolute atomic E-state index is 0.0402. The van der Waals surface area contributed by atoms with Crippen molar-refractivity contribution in [2.75, 3.05) is 17.8 Å². The van der Waals surface area contributed by atoms with Gasteiger partial charge < -0.3 is 4.74 Å². The van der Waals surface area contributed by atoms with E-state index in [2.05, 4.69) is 0 Å². The second-order valence-corrected chi connectivity index (χ2v) is 7.23. The second kappa shape index (κ2) is 6.58. The fraction of sp³-hybridized carbons (Fsp3) is 0.222. The molecule has 0 saturated carbocycles. The third-order valence-corrected chi connectivity index (χ3v) is 5.94. The number of hydrogen-bond acceptors (Lipinski definition) is 6. The molecular formula is C18H15N3O5S. The van der Waals surface area contributed by atoms with Gasteiger partial charge in [0.05, 0.1) is 17.7 Å². The van der Waals surface area contributed by atoms with Crippen LogP contribution in [-0.4, -0.2) is 40.7 Å². The molecule has 2 saturated heterocycles. The van der Waals surface area contributed by atoms with Crippen molar-refractivity contribution in [2.45, 2.75) is 11.4 Å². The van der Waals surface area contributed by atoms with E-state index >= 15 is 0 Å². The van der Waals surface area contributed by atoms with E-state index in [4.69, 9.17) is 4.74 Å². The fourth-order valence-electron chi connectivity index (χ4n) is 3.31. The largest absolute Gasteiger partial charge is 0.497 e. The Bertz CT molecular complexity index is 933. The molecule has 2 atom stereocenters. The summed E-state index contributed by atoms with van der Waals surface area (Å²) in [7, 11) is 1.54. The van der Waals surface area contributed by atoms with Crippen LogP contribution in [0.5, 0.6) is 5.75 Å². The maximum absolute atomic E-state index is 13.0. The number of urea groups is 1. The van der Waals surface area contributed by atoms with Crippen molar-refractivity contribution in [1.29, 1.82) is 0 Å². The third-order valence-electron chi connectivity index (χ3n) is 4.61. The Hall–Kier alpha value is -3.07. The Morgan fingerprint density at radius 3 is 2.59 bits per heavy atom. The molecule has 2 aliphatic rings. The van der Waals surface area contributed by atoms with Gasteiger partial charge in [-0.3, -0.25) is 19.8 Å². The van der Waals surface area contributed by atoms with E-state index in [9.17, 15) is 19.7 Å². The van der Waals surface area contributed by atoms with Crippen LogP contribution < -0.4 is 9.64 Å². The van der Waals surface area contributed by atoms with E-state index < -0.39 is 22.4 Å². The average molecular weight is 385 g/mol. The highest BCUT2D eigenvalue weighted by Crippen LogP contribution is 2.46. The summed E-state index contributed by atoms with van der Waals surface area (Å²) in [4.78, 5) is 39.1. The van der Waals surface area contributed by atoms with Crippen LogP contribution in [0.4, 0.5) is 16.2 Å². The molecule has 3 amide bonds. The van der Waals surface area contributed by atoms with E-state index in [0.29, 0.717) is 22.8 Å². The van der Waals surface area contributed by atoms with E-state index in [1.54, 1.807) is 36.4 Å². The topological polar surface area (TPSA) is 93.0 Å². The summed E-state index contributed by atoms with van der Waals surface area (Å²) in [6.07, 6.45) is 0. The molecule has 138 valence electrons. The highest BCUT2D eigenvalue weighted by molar-refractivity contribution is 7.99. The predicted molar refractivity (Wildman–Crippen MR) is 99.8 cm³/mol. The maximum atomic E-state index is 13.0. The number of hydrogen-bond donors (Lipinski definition) is 0. The highest BCUT2D eigenvalue weighted by Gasteiger charge is 2.53. The molecule has 2 aromatic carbocycles. The van der Waals surface area contributed by atoms with Gasteiger partial charge in [-0.05, 0) is 29.8 Å². The quantitative estimate of drug-likeness (QED) is 0.456. The van der Waals surface area contributed by atoms with Crippen molar-refractivity contribution in [3.63, 3.8) is 0 Å². The first kappa shape index (κ1) is 17.3. The van der Waals surface area contributed by atoms with Gasteiger partial charge in [0.1, 0.15) is 17.2 Å². The lowest BCUT2D eigenvalue weighted by Crippen LogP contribution is -2.33. The number of imide groups is 1. The summed E-state index contributed by atoms with van der Waals surface area (Å²) in [6.45, 7) is 0. The van der Waals surface area contributed by atoms with Crippen LogP contribution in [0.25, 0.3) is 0 Å². The SMILES string of the molecule is COc1ccc(N2C(=O)[C@@H]3CS[C@@H](c4cccc([N+](=O)[O-])c4)N3C2=O)cc1. The molecule has 0 spiro atoms. The molecule has 27 heavy (non-hydrogen) atoms. The number of anilines is 1. The molecule has 9 heteroatoms. The average Bonchev–Trinajstić information content (AvgIpc) is 3.22. The minimum Gasteiger partial charge on any atom is -0.497 e. The molecule has 0 bridgehead atoms. The van der Waals surface area contributed by atoms with E-state index in [-0.39, 0.29) is 11.6 Å². The Morgan fingerprint density at radius 2 is 1.93 bits per heavy atom. The molecule has 2 fully saturated rings. The Labute approximate surface area is 158 Å². The van der Waals surface area contributed by atoms with E-state index in [1.165, 1.54) is 35.9 Å². The van der Waals surface area contributed by atoms with Crippen LogP contribution in [0.3, 0.4) is 0 Å². The second-order valence-electron chi connectivity index (χ2n) is 6.12. The zero-order valence-electron chi connectivity index (χ0n) is 14.3. The Kier molecular flexibility index (Phi) is 4.23. The van der Waals surface area contributed by atoms with Crippen molar-refractivity contribution >= 4 is 35.1 Å². The van der Waals surface area contributed by atoms with Crippen LogP contribution in [0.15, 0.2) is 48.5 Å². The lowest BCUT2D eigenvalue weighted by molar-refractivity contribution is -0.384. The maximum Gasteiger partial charge on any atom is 0.333 e. The van der Waals surface area contributed by atoms with Gasteiger partial charge in [0.2, 0.25) is 0 Å². The summed E-state index contributed by atoms with van der Waals surface area (Å²) >= 11 is 1.43. The van der Waals surface area contributed by atoms with Gasteiger partial charge in [-0.2, -0.15) is 0 Å². The number of carbonyl (C=O) groups excluding carboxylic acids is 2. The predicted octanol–water partition coefficient (Wildman–Crippen LogP) is 3.19. The standard InChI is InChI=1S/C18H15N3O5S/c1-26-14-7-5-12(6-8-14)19-16(22)15-10-27-17(20(15)18(19)23)11-3-2-4-13(9-11)21(24)25/h2-9,15,17H,10H2,1H3/t15-,17-/m0/s1. The molecule has 0 radical (unpaired) electrons. The molecule has 0 unspecified atom stereocenters. The van der Waals surface area contributed by atoms with Crippen LogP contribution in [0, 0.1) is 10.1 Å². The summed E-state index contributed by atoms with van der Waals surface area (Å²) < 4.78 is 5.11. The van der Waals surface area contributed by atoms with Gasteiger partial charge in [-0.1, -0.05) is 12.1 Å². The number of carbonyl (C=O) groups is 2. The van der Waals surface area contributed by atoms with Crippen LogP contribution in [0.1, 0.15) is 10.9 Å². The van der Waals surface area contributed by atoms with Crippen molar-refractivity contribution < 1.29 is 19.2 Å². The molecule has 0 aromatic heterocycles. The first-order valence-corrected chi connectivity index (χ1v) is 9.22. The Morgan fingerprint density at radius 1 is 1.19 bits per heavy atom. The number of ether oxygens (including phenoxy) is 1. The summed E-state index contributed by atoms with van der Waals surface area (Å²) in [5.74, 6) is 0.791. The van der Waals surface area contributed by atoms with Gasteiger partial charge >= 0.3 is 6.03 Å². The Balaban J connectivity index is 1.66. The van der Waals surface area contributed by atoms with Crippen LogP contribution >= 0.6 is 11.8 Å². The van der Waals surface area contributed by atoms with Crippen molar-refractivity contribution in [2.24, 2.45) is 0 Å². The summed E-state index contributed by atoms with van der Waals surface area (Å²) in [5, 5.41) is 10.6. The van der Waals surface area contributed by atoms with Crippen molar-refractivity contribution in [3.8, 4) is 5.75 Å². The number of rotatable bonds is 4. The third kappa shape index (κ3) is 2.80. The number of methoxy groups -OCH3 is 1. The fourth-order valence-corrected chi connectivity index (χ4v) is 4.71. The molecule has 0 N–H and O–H groups in total. The molecule has 2 aromatic rings. The van der Waals surface area contributed by atoms with Crippen LogP contribution in [-0.2, 0) is 4.79 Å². The van der Waals surface area contributed by atoms with E-state index in [0.717, 1.165) is 4.90 Å². The molecule has 8 nitrogen and oxygen atoms in total. The number of benzene rings is 2.